The lowest BCUT2D eigenvalue weighted by molar-refractivity contribution is 0.0583. The highest BCUT2D eigenvalue weighted by atomic mass is 35.5. The van der Waals surface area contributed by atoms with Gasteiger partial charge in [0.2, 0.25) is 10.0 Å². The molecule has 5 nitrogen and oxygen atoms in total. The third kappa shape index (κ3) is 4.36. The molecule has 7 heteroatoms. The average Bonchev–Trinajstić information content (AvgIpc) is 2.37. The first kappa shape index (κ1) is 17.1. The van der Waals surface area contributed by atoms with Crippen molar-refractivity contribution in [2.75, 3.05) is 24.1 Å². The maximum atomic E-state index is 12.6. The maximum Gasteiger partial charge on any atom is 0.253 e. The van der Waals surface area contributed by atoms with Gasteiger partial charge in [-0.3, -0.25) is 9.52 Å². The van der Waals surface area contributed by atoms with E-state index < -0.39 is 10.0 Å². The lowest BCUT2D eigenvalue weighted by Gasteiger charge is -2.38. The van der Waals surface area contributed by atoms with Gasteiger partial charge < -0.3 is 4.90 Å². The molecular formula is C15H21ClN2O3S. The first-order valence-corrected chi connectivity index (χ1v) is 9.41. The molecule has 1 aromatic rings. The Kier molecular flexibility index (Phi) is 4.73. The van der Waals surface area contributed by atoms with Crippen LogP contribution in [0.3, 0.4) is 0 Å². The van der Waals surface area contributed by atoms with E-state index in [0.29, 0.717) is 12.1 Å². The van der Waals surface area contributed by atoms with E-state index in [2.05, 4.69) is 18.6 Å². The Bertz CT molecular complexity index is 686. The van der Waals surface area contributed by atoms with Crippen LogP contribution in [0.15, 0.2) is 18.2 Å². The molecule has 0 aromatic heterocycles. The number of sulfonamides is 1. The molecule has 1 aromatic carbocycles. The Morgan fingerprint density at radius 1 is 1.36 bits per heavy atom. The number of carbonyl (C=O) groups excluding carboxylic acids is 1. The molecule has 0 aliphatic carbocycles. The number of hydrogen-bond acceptors (Lipinski definition) is 3. The number of likely N-dealkylation sites (tertiary alicyclic amines) is 1. The van der Waals surface area contributed by atoms with Crippen molar-refractivity contribution >= 4 is 33.2 Å². The lowest BCUT2D eigenvalue weighted by Crippen LogP contribution is -2.43. The van der Waals surface area contributed by atoms with Crippen LogP contribution in [0.4, 0.5) is 5.69 Å². The Hall–Kier alpha value is -1.27. The van der Waals surface area contributed by atoms with E-state index in [-0.39, 0.29) is 22.0 Å². The van der Waals surface area contributed by atoms with Gasteiger partial charge in [-0.2, -0.15) is 0 Å². The number of anilines is 1. The molecule has 1 heterocycles. The number of nitrogens with zero attached hydrogens (tertiary/aromatic N) is 1. The van der Waals surface area contributed by atoms with Crippen molar-refractivity contribution in [3.05, 3.63) is 28.8 Å². The number of carbonyl (C=O) groups is 1. The summed E-state index contributed by atoms with van der Waals surface area (Å²) in [7, 11) is -3.40. The van der Waals surface area contributed by atoms with E-state index in [1.54, 1.807) is 6.07 Å². The third-order valence-corrected chi connectivity index (χ3v) is 4.60. The second kappa shape index (κ2) is 6.08. The van der Waals surface area contributed by atoms with Crippen molar-refractivity contribution in [3.8, 4) is 0 Å². The molecule has 0 unspecified atom stereocenters. The van der Waals surface area contributed by atoms with Gasteiger partial charge in [-0.1, -0.05) is 25.4 Å². The number of amides is 1. The van der Waals surface area contributed by atoms with Gasteiger partial charge in [0.1, 0.15) is 0 Å². The Morgan fingerprint density at radius 2 is 2.05 bits per heavy atom. The second-order valence-corrected chi connectivity index (χ2v) is 8.72. The summed E-state index contributed by atoms with van der Waals surface area (Å²) in [5.74, 6) is -0.0689. The van der Waals surface area contributed by atoms with Gasteiger partial charge in [0, 0.05) is 18.7 Å². The zero-order valence-electron chi connectivity index (χ0n) is 13.0. The monoisotopic (exact) mass is 344 g/mol. The number of benzene rings is 1. The fourth-order valence-corrected chi connectivity index (χ4v) is 3.57. The van der Waals surface area contributed by atoms with Gasteiger partial charge >= 0.3 is 0 Å². The molecule has 1 N–H and O–H groups in total. The molecule has 1 aliphatic heterocycles. The van der Waals surface area contributed by atoms with Crippen LogP contribution in [0, 0.1) is 5.41 Å². The summed E-state index contributed by atoms with van der Waals surface area (Å²) < 4.78 is 24.8. The minimum absolute atomic E-state index is 0.0689. The fourth-order valence-electron chi connectivity index (χ4n) is 2.71. The average molecular weight is 345 g/mol. The highest BCUT2D eigenvalue weighted by Gasteiger charge is 2.29. The molecule has 0 radical (unpaired) electrons. The van der Waals surface area contributed by atoms with Crippen LogP contribution in [0.25, 0.3) is 0 Å². The molecule has 0 saturated carbocycles. The highest BCUT2D eigenvalue weighted by molar-refractivity contribution is 7.92. The Morgan fingerprint density at radius 3 is 2.59 bits per heavy atom. The van der Waals surface area contributed by atoms with Gasteiger partial charge in [0.05, 0.1) is 17.0 Å². The first-order valence-electron chi connectivity index (χ1n) is 7.14. The van der Waals surface area contributed by atoms with Crippen molar-refractivity contribution in [2.45, 2.75) is 26.7 Å². The van der Waals surface area contributed by atoms with Crippen LogP contribution in [0.1, 0.15) is 37.0 Å². The Labute approximate surface area is 136 Å². The summed E-state index contributed by atoms with van der Waals surface area (Å²) in [6, 6.07) is 4.63. The van der Waals surface area contributed by atoms with Crippen molar-refractivity contribution in [2.24, 2.45) is 5.41 Å². The molecular weight excluding hydrogens is 324 g/mol. The Balaban J connectivity index is 2.19. The molecule has 1 aliphatic rings. The number of nitrogens with one attached hydrogen (secondary N) is 1. The van der Waals surface area contributed by atoms with Crippen molar-refractivity contribution in [1.82, 2.24) is 4.90 Å². The van der Waals surface area contributed by atoms with Crippen molar-refractivity contribution in [3.63, 3.8) is 0 Å². The molecule has 22 heavy (non-hydrogen) atoms. The van der Waals surface area contributed by atoms with Gasteiger partial charge in [0.15, 0.2) is 0 Å². The molecule has 1 saturated heterocycles. The largest absolute Gasteiger partial charge is 0.338 e. The van der Waals surface area contributed by atoms with E-state index in [0.717, 1.165) is 25.6 Å². The van der Waals surface area contributed by atoms with Crippen LogP contribution in [-0.4, -0.2) is 38.6 Å². The summed E-state index contributed by atoms with van der Waals surface area (Å²) in [6.07, 6.45) is 3.15. The molecule has 0 atom stereocenters. The summed E-state index contributed by atoms with van der Waals surface area (Å²) in [5.41, 5.74) is 0.872. The summed E-state index contributed by atoms with van der Waals surface area (Å²) in [4.78, 5) is 14.4. The minimum atomic E-state index is -3.40. The minimum Gasteiger partial charge on any atom is -0.338 e. The topological polar surface area (TPSA) is 66.5 Å². The maximum absolute atomic E-state index is 12.6. The fraction of sp³-hybridized carbons (Fsp3) is 0.533. The standard InChI is InChI=1S/C15H21ClN2O3S/c1-15(2)7-4-8-18(10-15)14(19)11-5-6-13(12(16)9-11)17-22(3,20)21/h5-6,9,17H,4,7-8,10H2,1-3H3. The van der Waals surface area contributed by atoms with E-state index in [1.165, 1.54) is 12.1 Å². The molecule has 1 fully saturated rings. The van der Waals surface area contributed by atoms with Gasteiger partial charge in [-0.25, -0.2) is 8.42 Å². The normalized spacial score (nSPS) is 18.1. The van der Waals surface area contributed by atoms with E-state index in [9.17, 15) is 13.2 Å². The zero-order valence-corrected chi connectivity index (χ0v) is 14.6. The predicted molar refractivity (Wildman–Crippen MR) is 88.8 cm³/mol. The second-order valence-electron chi connectivity index (χ2n) is 6.56. The first-order chi connectivity index (χ1) is 10.1. The van der Waals surface area contributed by atoms with Crippen LogP contribution in [0.2, 0.25) is 5.02 Å². The molecule has 1 amide bonds. The van der Waals surface area contributed by atoms with Crippen LogP contribution in [-0.2, 0) is 10.0 Å². The van der Waals surface area contributed by atoms with Crippen molar-refractivity contribution in [1.29, 1.82) is 0 Å². The van der Waals surface area contributed by atoms with E-state index in [1.807, 2.05) is 4.90 Å². The van der Waals surface area contributed by atoms with E-state index in [4.69, 9.17) is 11.6 Å². The third-order valence-electron chi connectivity index (χ3n) is 3.70. The zero-order chi connectivity index (χ0) is 16.5. The molecule has 0 bridgehead atoms. The highest BCUT2D eigenvalue weighted by Crippen LogP contribution is 2.30. The summed E-state index contributed by atoms with van der Waals surface area (Å²) >= 11 is 6.08. The number of piperidine rings is 1. The van der Waals surface area contributed by atoms with Gasteiger partial charge in [0.25, 0.3) is 5.91 Å². The smallest absolute Gasteiger partial charge is 0.253 e. The number of halogens is 1. The molecule has 2 rings (SSSR count). The van der Waals surface area contributed by atoms with Gasteiger partial charge in [-0.15, -0.1) is 0 Å². The van der Waals surface area contributed by atoms with Crippen LogP contribution >= 0.6 is 11.6 Å². The van der Waals surface area contributed by atoms with E-state index >= 15 is 0 Å². The molecule has 122 valence electrons. The predicted octanol–water partition coefficient (Wildman–Crippen LogP) is 2.97. The van der Waals surface area contributed by atoms with Crippen molar-refractivity contribution < 1.29 is 13.2 Å². The SMILES string of the molecule is CC1(C)CCCN(C(=O)c2ccc(NS(C)(=O)=O)c(Cl)c2)C1. The van der Waals surface area contributed by atoms with Crippen LogP contribution < -0.4 is 4.72 Å². The summed E-state index contributed by atoms with van der Waals surface area (Å²) in [6.45, 7) is 5.76. The molecule has 0 spiro atoms. The summed E-state index contributed by atoms with van der Waals surface area (Å²) in [5, 5.41) is 0.215. The number of hydrogen-bond donors (Lipinski definition) is 1. The quantitative estimate of drug-likeness (QED) is 0.916. The lowest BCUT2D eigenvalue weighted by atomic mass is 9.84. The van der Waals surface area contributed by atoms with Gasteiger partial charge in [-0.05, 0) is 36.5 Å². The number of rotatable bonds is 3. The van der Waals surface area contributed by atoms with Crippen LogP contribution in [0.5, 0.6) is 0 Å².